The summed E-state index contributed by atoms with van der Waals surface area (Å²) in [5.74, 6) is -1.12. The van der Waals surface area contributed by atoms with Crippen molar-refractivity contribution in [3.63, 3.8) is 0 Å². The van der Waals surface area contributed by atoms with Gasteiger partial charge in [0.05, 0.1) is 11.6 Å². The van der Waals surface area contributed by atoms with Gasteiger partial charge in [-0.15, -0.1) is 5.10 Å². The third-order valence-electron chi connectivity index (χ3n) is 3.41. The second-order valence-electron chi connectivity index (χ2n) is 4.85. The first-order valence-corrected chi connectivity index (χ1v) is 6.10. The first kappa shape index (κ1) is 13.3. The van der Waals surface area contributed by atoms with E-state index in [0.29, 0.717) is 19.4 Å². The summed E-state index contributed by atoms with van der Waals surface area (Å²) in [6.45, 7) is 0.565. The van der Waals surface area contributed by atoms with Crippen LogP contribution in [0, 0.1) is 5.92 Å². The van der Waals surface area contributed by atoms with E-state index >= 15 is 0 Å². The van der Waals surface area contributed by atoms with E-state index in [4.69, 9.17) is 0 Å². The lowest BCUT2D eigenvalue weighted by molar-refractivity contribution is -0.182. The molecule has 0 saturated heterocycles. The van der Waals surface area contributed by atoms with E-state index in [1.54, 1.807) is 17.9 Å². The second-order valence-corrected chi connectivity index (χ2v) is 4.85. The fraction of sp³-hybridized carbons (Fsp3) is 0.818. The minimum Gasteiger partial charge on any atom is -0.308 e. The Kier molecular flexibility index (Phi) is 3.89. The zero-order valence-corrected chi connectivity index (χ0v) is 10.2. The van der Waals surface area contributed by atoms with Gasteiger partial charge in [0.25, 0.3) is 0 Å². The van der Waals surface area contributed by atoms with E-state index in [9.17, 15) is 13.2 Å². The van der Waals surface area contributed by atoms with Gasteiger partial charge >= 0.3 is 6.18 Å². The van der Waals surface area contributed by atoms with Crippen LogP contribution in [0.4, 0.5) is 13.2 Å². The molecule has 7 heteroatoms. The van der Waals surface area contributed by atoms with Crippen molar-refractivity contribution in [3.05, 3.63) is 11.9 Å². The average Bonchev–Trinajstić information content (AvgIpc) is 2.72. The molecule has 1 N–H and O–H groups in total. The summed E-state index contributed by atoms with van der Waals surface area (Å²) in [7, 11) is 1.78. The molecule has 0 atom stereocenters. The first-order chi connectivity index (χ1) is 8.45. The van der Waals surface area contributed by atoms with E-state index in [0.717, 1.165) is 5.69 Å². The van der Waals surface area contributed by atoms with Gasteiger partial charge in [-0.2, -0.15) is 13.2 Å². The second kappa shape index (κ2) is 5.26. The number of nitrogens with zero attached hydrogens (tertiary/aromatic N) is 3. The monoisotopic (exact) mass is 262 g/mol. The van der Waals surface area contributed by atoms with E-state index in [-0.39, 0.29) is 18.9 Å². The molecule has 0 radical (unpaired) electrons. The van der Waals surface area contributed by atoms with Crippen LogP contribution in [-0.4, -0.2) is 27.2 Å². The van der Waals surface area contributed by atoms with Crippen LogP contribution in [0.3, 0.4) is 0 Å². The van der Waals surface area contributed by atoms with Crippen LogP contribution in [0.2, 0.25) is 0 Å². The van der Waals surface area contributed by atoms with Crippen molar-refractivity contribution in [2.24, 2.45) is 13.0 Å². The van der Waals surface area contributed by atoms with Crippen molar-refractivity contribution in [2.45, 2.75) is 44.4 Å². The van der Waals surface area contributed by atoms with E-state index < -0.39 is 12.1 Å². The Labute approximate surface area is 104 Å². The number of aromatic nitrogens is 3. The average molecular weight is 262 g/mol. The summed E-state index contributed by atoms with van der Waals surface area (Å²) in [5.41, 5.74) is 0.815. The van der Waals surface area contributed by atoms with Crippen molar-refractivity contribution in [2.75, 3.05) is 0 Å². The predicted molar refractivity (Wildman–Crippen MR) is 59.6 cm³/mol. The van der Waals surface area contributed by atoms with Gasteiger partial charge in [-0.05, 0) is 25.7 Å². The maximum absolute atomic E-state index is 12.5. The third-order valence-corrected chi connectivity index (χ3v) is 3.41. The molecule has 1 aromatic rings. The minimum atomic E-state index is -4.03. The molecule has 0 spiro atoms. The number of hydrogen-bond donors (Lipinski definition) is 1. The van der Waals surface area contributed by atoms with Crippen LogP contribution in [-0.2, 0) is 13.6 Å². The van der Waals surface area contributed by atoms with Crippen molar-refractivity contribution >= 4 is 0 Å². The van der Waals surface area contributed by atoms with Gasteiger partial charge in [-0.3, -0.25) is 4.68 Å². The summed E-state index contributed by atoms with van der Waals surface area (Å²) in [4.78, 5) is 0. The summed E-state index contributed by atoms with van der Waals surface area (Å²) < 4.78 is 39.1. The molecule has 0 amide bonds. The highest BCUT2D eigenvalue weighted by molar-refractivity contribution is 4.92. The van der Waals surface area contributed by atoms with E-state index in [2.05, 4.69) is 15.6 Å². The maximum Gasteiger partial charge on any atom is 0.391 e. The van der Waals surface area contributed by atoms with Gasteiger partial charge < -0.3 is 5.32 Å². The topological polar surface area (TPSA) is 42.7 Å². The van der Waals surface area contributed by atoms with Gasteiger partial charge in [0.2, 0.25) is 0 Å². The lowest BCUT2D eigenvalue weighted by Crippen LogP contribution is -2.36. The minimum absolute atomic E-state index is 0.158. The Balaban J connectivity index is 1.74. The molecule has 0 aliphatic heterocycles. The van der Waals surface area contributed by atoms with Crippen molar-refractivity contribution < 1.29 is 13.2 Å². The number of halogens is 3. The van der Waals surface area contributed by atoms with Gasteiger partial charge in [0.1, 0.15) is 0 Å². The Morgan fingerprint density at radius 2 is 2.00 bits per heavy atom. The molecule has 0 unspecified atom stereocenters. The molecule has 1 aliphatic rings. The summed E-state index contributed by atoms with van der Waals surface area (Å²) in [5, 5.41) is 11.0. The summed E-state index contributed by atoms with van der Waals surface area (Å²) in [6, 6.07) is 0.158. The summed E-state index contributed by atoms with van der Waals surface area (Å²) >= 11 is 0. The fourth-order valence-electron chi connectivity index (χ4n) is 2.35. The third kappa shape index (κ3) is 3.44. The molecule has 18 heavy (non-hydrogen) atoms. The maximum atomic E-state index is 12.5. The van der Waals surface area contributed by atoms with Gasteiger partial charge in [-0.25, -0.2) is 0 Å². The molecule has 1 aliphatic carbocycles. The quantitative estimate of drug-likeness (QED) is 0.906. The normalized spacial score (nSPS) is 25.3. The molecular weight excluding hydrogens is 245 g/mol. The zero-order valence-electron chi connectivity index (χ0n) is 10.2. The van der Waals surface area contributed by atoms with Crippen molar-refractivity contribution in [1.82, 2.24) is 20.3 Å². The van der Waals surface area contributed by atoms with Crippen LogP contribution in [0.25, 0.3) is 0 Å². The number of aryl methyl sites for hydroxylation is 1. The van der Waals surface area contributed by atoms with Gasteiger partial charge in [0, 0.05) is 25.8 Å². The molecule has 2 rings (SSSR count). The van der Waals surface area contributed by atoms with Crippen LogP contribution in [0.15, 0.2) is 6.20 Å². The van der Waals surface area contributed by atoms with Crippen LogP contribution >= 0.6 is 0 Å². The number of alkyl halides is 3. The standard InChI is InChI=1S/C11H17F3N4/c1-18-7-10(16-17-18)6-15-9-4-2-8(3-5-9)11(12,13)14/h7-9,15H,2-6H2,1H3. The van der Waals surface area contributed by atoms with Crippen molar-refractivity contribution in [1.29, 1.82) is 0 Å². The molecule has 1 saturated carbocycles. The van der Waals surface area contributed by atoms with Crippen LogP contribution in [0.5, 0.6) is 0 Å². The highest BCUT2D eigenvalue weighted by atomic mass is 19.4. The van der Waals surface area contributed by atoms with Crippen molar-refractivity contribution in [3.8, 4) is 0 Å². The molecule has 1 heterocycles. The SMILES string of the molecule is Cn1cc(CNC2CCC(C(F)(F)F)CC2)nn1. The smallest absolute Gasteiger partial charge is 0.308 e. The summed E-state index contributed by atoms with van der Waals surface area (Å²) in [6.07, 6.45) is -0.637. The number of hydrogen-bond acceptors (Lipinski definition) is 3. The molecule has 0 bridgehead atoms. The predicted octanol–water partition coefficient (Wildman–Crippen LogP) is 2.03. The highest BCUT2D eigenvalue weighted by Gasteiger charge is 2.41. The molecule has 102 valence electrons. The highest BCUT2D eigenvalue weighted by Crippen LogP contribution is 2.37. The van der Waals surface area contributed by atoms with Gasteiger partial charge in [0.15, 0.2) is 0 Å². The van der Waals surface area contributed by atoms with Crippen LogP contribution < -0.4 is 5.32 Å². The largest absolute Gasteiger partial charge is 0.391 e. The molecule has 0 aromatic carbocycles. The number of rotatable bonds is 3. The van der Waals surface area contributed by atoms with Crippen LogP contribution in [0.1, 0.15) is 31.4 Å². The molecular formula is C11H17F3N4. The Morgan fingerprint density at radius 3 is 2.50 bits per heavy atom. The molecule has 1 fully saturated rings. The Bertz CT molecular complexity index is 380. The Hall–Kier alpha value is -1.11. The lowest BCUT2D eigenvalue weighted by Gasteiger charge is -2.30. The first-order valence-electron chi connectivity index (χ1n) is 6.10. The lowest BCUT2D eigenvalue weighted by atomic mass is 9.85. The van der Waals surface area contributed by atoms with E-state index in [1.807, 2.05) is 0 Å². The molecule has 1 aromatic heterocycles. The fourth-order valence-corrected chi connectivity index (χ4v) is 2.35. The molecule has 4 nitrogen and oxygen atoms in total. The van der Waals surface area contributed by atoms with E-state index in [1.165, 1.54) is 0 Å². The Morgan fingerprint density at radius 1 is 1.33 bits per heavy atom. The number of nitrogens with one attached hydrogen (secondary N) is 1. The van der Waals surface area contributed by atoms with Gasteiger partial charge in [-0.1, -0.05) is 5.21 Å². The zero-order chi connectivity index (χ0) is 13.2.